The summed E-state index contributed by atoms with van der Waals surface area (Å²) in [7, 11) is -1.61. The lowest BCUT2D eigenvalue weighted by atomic mass is 10.2. The highest BCUT2D eigenvalue weighted by Gasteiger charge is 2.15. The van der Waals surface area contributed by atoms with E-state index in [4.69, 9.17) is 5.73 Å². The van der Waals surface area contributed by atoms with Gasteiger partial charge in [-0.3, -0.25) is 4.21 Å². The number of benzene rings is 2. The van der Waals surface area contributed by atoms with E-state index in [1.165, 1.54) is 6.07 Å². The third-order valence-electron chi connectivity index (χ3n) is 2.56. The molecule has 0 aromatic heterocycles. The molecule has 100 valence electrons. The van der Waals surface area contributed by atoms with E-state index in [9.17, 15) is 13.0 Å². The fourth-order valence-electron chi connectivity index (χ4n) is 1.58. The Labute approximate surface area is 120 Å². The number of halogens is 3. The molecular weight excluding hydrogens is 336 g/mol. The first-order chi connectivity index (χ1) is 8.99. The molecule has 1 atom stereocenters. The molecule has 0 radical (unpaired) electrons. The third-order valence-corrected chi connectivity index (χ3v) is 4.45. The second-order valence-corrected chi connectivity index (χ2v) is 6.21. The van der Waals surface area contributed by atoms with Crippen molar-refractivity contribution in [3.8, 4) is 0 Å². The van der Waals surface area contributed by atoms with Crippen molar-refractivity contribution < 1.29 is 13.0 Å². The van der Waals surface area contributed by atoms with Gasteiger partial charge in [-0.05, 0) is 30.3 Å². The summed E-state index contributed by atoms with van der Waals surface area (Å²) in [5.74, 6) is -1.66. The smallest absolute Gasteiger partial charge is 0.130 e. The Balaban J connectivity index is 2.34. The van der Waals surface area contributed by atoms with Crippen molar-refractivity contribution in [1.82, 2.24) is 0 Å². The summed E-state index contributed by atoms with van der Waals surface area (Å²) in [6.45, 7) is 0. The summed E-state index contributed by atoms with van der Waals surface area (Å²) in [6.07, 6.45) is 0. The van der Waals surface area contributed by atoms with Gasteiger partial charge in [-0.1, -0.05) is 22.0 Å². The number of nitrogens with two attached hydrogens (primary N) is 1. The summed E-state index contributed by atoms with van der Waals surface area (Å²) in [4.78, 5) is 0.358. The molecule has 0 heterocycles. The predicted molar refractivity (Wildman–Crippen MR) is 75.0 cm³/mol. The zero-order valence-electron chi connectivity index (χ0n) is 9.70. The van der Waals surface area contributed by atoms with E-state index in [0.29, 0.717) is 15.1 Å². The molecule has 0 fully saturated rings. The van der Waals surface area contributed by atoms with Crippen molar-refractivity contribution in [3.05, 3.63) is 58.1 Å². The van der Waals surface area contributed by atoms with E-state index < -0.39 is 22.4 Å². The van der Waals surface area contributed by atoms with Gasteiger partial charge in [-0.2, -0.15) is 0 Å². The summed E-state index contributed by atoms with van der Waals surface area (Å²) in [5, 5.41) is 0. The Bertz CT molecular complexity index is 628. The molecule has 1 unspecified atom stereocenters. The highest BCUT2D eigenvalue weighted by atomic mass is 79.9. The first kappa shape index (κ1) is 14.1. The molecule has 0 aliphatic heterocycles. The van der Waals surface area contributed by atoms with Crippen LogP contribution in [0.4, 0.5) is 14.5 Å². The van der Waals surface area contributed by atoms with Crippen LogP contribution in [-0.4, -0.2) is 4.21 Å². The van der Waals surface area contributed by atoms with Crippen molar-refractivity contribution in [2.45, 2.75) is 10.6 Å². The monoisotopic (exact) mass is 345 g/mol. The minimum atomic E-state index is -1.61. The average Bonchev–Trinajstić information content (AvgIpc) is 2.37. The number of hydrogen-bond donors (Lipinski definition) is 1. The van der Waals surface area contributed by atoms with Crippen LogP contribution < -0.4 is 5.73 Å². The van der Waals surface area contributed by atoms with Crippen LogP contribution in [0.2, 0.25) is 0 Å². The van der Waals surface area contributed by atoms with E-state index >= 15 is 0 Å². The third kappa shape index (κ3) is 3.19. The van der Waals surface area contributed by atoms with Gasteiger partial charge in [-0.25, -0.2) is 8.78 Å². The second-order valence-electron chi connectivity index (χ2n) is 3.87. The maximum absolute atomic E-state index is 13.5. The molecule has 0 saturated carbocycles. The van der Waals surface area contributed by atoms with Crippen molar-refractivity contribution in [2.24, 2.45) is 0 Å². The molecule has 0 aliphatic carbocycles. The minimum Gasteiger partial charge on any atom is -0.398 e. The summed E-state index contributed by atoms with van der Waals surface area (Å²) >= 11 is 3.24. The molecule has 2 aromatic rings. The highest BCUT2D eigenvalue weighted by Crippen LogP contribution is 2.25. The van der Waals surface area contributed by atoms with Crippen LogP contribution in [-0.2, 0) is 16.6 Å². The SMILES string of the molecule is Nc1ccc(Br)cc1S(=O)Cc1c(F)cccc1F. The van der Waals surface area contributed by atoms with Gasteiger partial charge in [0.15, 0.2) is 0 Å². The molecule has 2 rings (SSSR count). The van der Waals surface area contributed by atoms with Crippen molar-refractivity contribution in [2.75, 3.05) is 5.73 Å². The lowest BCUT2D eigenvalue weighted by Gasteiger charge is -2.08. The van der Waals surface area contributed by atoms with Crippen LogP contribution in [0.3, 0.4) is 0 Å². The molecule has 2 aromatic carbocycles. The normalized spacial score (nSPS) is 12.4. The van der Waals surface area contributed by atoms with E-state index in [1.807, 2.05) is 0 Å². The Hall–Kier alpha value is -1.27. The van der Waals surface area contributed by atoms with Gasteiger partial charge in [0.2, 0.25) is 0 Å². The van der Waals surface area contributed by atoms with Crippen molar-refractivity contribution in [1.29, 1.82) is 0 Å². The number of anilines is 1. The molecule has 0 spiro atoms. The molecule has 0 saturated heterocycles. The standard InChI is InChI=1S/C13H10BrF2NOS/c14-8-4-5-12(17)13(6-8)19(18)7-9-10(15)2-1-3-11(9)16/h1-6H,7,17H2. The van der Waals surface area contributed by atoms with Gasteiger partial charge < -0.3 is 5.73 Å². The van der Waals surface area contributed by atoms with E-state index in [-0.39, 0.29) is 11.3 Å². The lowest BCUT2D eigenvalue weighted by Crippen LogP contribution is -2.04. The highest BCUT2D eigenvalue weighted by molar-refractivity contribution is 9.10. The molecule has 0 aliphatic rings. The summed E-state index contributed by atoms with van der Waals surface area (Å²) in [6, 6.07) is 8.43. The Morgan fingerprint density at radius 3 is 2.42 bits per heavy atom. The largest absolute Gasteiger partial charge is 0.398 e. The summed E-state index contributed by atoms with van der Waals surface area (Å²) < 4.78 is 39.9. The maximum atomic E-state index is 13.5. The van der Waals surface area contributed by atoms with Gasteiger partial charge in [0, 0.05) is 15.7 Å². The molecule has 0 bridgehead atoms. The Kier molecular flexibility index (Phi) is 4.31. The zero-order valence-corrected chi connectivity index (χ0v) is 12.1. The maximum Gasteiger partial charge on any atom is 0.130 e. The van der Waals surface area contributed by atoms with Crippen LogP contribution >= 0.6 is 15.9 Å². The van der Waals surface area contributed by atoms with Crippen molar-refractivity contribution in [3.63, 3.8) is 0 Å². The van der Waals surface area contributed by atoms with Crippen LogP contribution in [0.15, 0.2) is 45.8 Å². The molecule has 2 N–H and O–H groups in total. The minimum absolute atomic E-state index is 0.194. The first-order valence-electron chi connectivity index (χ1n) is 5.35. The second kappa shape index (κ2) is 5.79. The molecule has 0 amide bonds. The fraction of sp³-hybridized carbons (Fsp3) is 0.0769. The number of nitrogen functional groups attached to an aromatic ring is 1. The molecule has 6 heteroatoms. The van der Waals surface area contributed by atoms with Gasteiger partial charge in [0.25, 0.3) is 0 Å². The van der Waals surface area contributed by atoms with Gasteiger partial charge in [0.1, 0.15) is 11.6 Å². The molecule has 19 heavy (non-hydrogen) atoms. The number of hydrogen-bond acceptors (Lipinski definition) is 2. The quantitative estimate of drug-likeness (QED) is 0.863. The van der Waals surface area contributed by atoms with Crippen LogP contribution in [0.1, 0.15) is 5.56 Å². The first-order valence-corrected chi connectivity index (χ1v) is 7.46. The van der Waals surface area contributed by atoms with Gasteiger partial charge >= 0.3 is 0 Å². The predicted octanol–water partition coefficient (Wildman–Crippen LogP) is 3.62. The van der Waals surface area contributed by atoms with Crippen LogP contribution in [0.5, 0.6) is 0 Å². The summed E-state index contributed by atoms with van der Waals surface area (Å²) in [5.41, 5.74) is 5.86. The van der Waals surface area contributed by atoms with Gasteiger partial charge in [0.05, 0.1) is 21.4 Å². The topological polar surface area (TPSA) is 43.1 Å². The van der Waals surface area contributed by atoms with E-state index in [2.05, 4.69) is 15.9 Å². The lowest BCUT2D eigenvalue weighted by molar-refractivity contribution is 0.564. The Morgan fingerprint density at radius 2 is 1.79 bits per heavy atom. The molecular formula is C13H10BrF2NOS. The van der Waals surface area contributed by atoms with Gasteiger partial charge in [-0.15, -0.1) is 0 Å². The van der Waals surface area contributed by atoms with Crippen molar-refractivity contribution >= 4 is 32.4 Å². The molecule has 2 nitrogen and oxygen atoms in total. The van der Waals surface area contributed by atoms with Crippen LogP contribution in [0.25, 0.3) is 0 Å². The fourth-order valence-corrected chi connectivity index (χ4v) is 3.38. The average molecular weight is 346 g/mol. The zero-order chi connectivity index (χ0) is 14.0. The van der Waals surface area contributed by atoms with E-state index in [0.717, 1.165) is 12.1 Å². The van der Waals surface area contributed by atoms with Crippen LogP contribution in [0, 0.1) is 11.6 Å². The Morgan fingerprint density at radius 1 is 1.16 bits per heavy atom. The van der Waals surface area contributed by atoms with E-state index in [1.54, 1.807) is 18.2 Å². The number of rotatable bonds is 3.